The molecule has 0 aliphatic rings. The number of carbonyl (C=O) groups is 1. The van der Waals surface area contributed by atoms with Crippen LogP contribution in [0.3, 0.4) is 0 Å². The number of nitrogens with one attached hydrogen (secondary N) is 1. The van der Waals surface area contributed by atoms with Gasteiger partial charge in [-0.15, -0.1) is 0 Å². The van der Waals surface area contributed by atoms with Crippen molar-refractivity contribution in [3.8, 4) is 0 Å². The van der Waals surface area contributed by atoms with Crippen LogP contribution < -0.4 is 11.1 Å². The highest BCUT2D eigenvalue weighted by Gasteiger charge is 2.12. The summed E-state index contributed by atoms with van der Waals surface area (Å²) in [7, 11) is 0. The Balaban J connectivity index is 2.52. The van der Waals surface area contributed by atoms with Gasteiger partial charge in [0.1, 0.15) is 5.82 Å². The van der Waals surface area contributed by atoms with E-state index in [1.807, 2.05) is 0 Å². The molecule has 4 nitrogen and oxygen atoms in total. The Morgan fingerprint density at radius 3 is 2.88 bits per heavy atom. The van der Waals surface area contributed by atoms with Gasteiger partial charge in [0.05, 0.1) is 12.1 Å². The smallest absolute Gasteiger partial charge is 0.234 e. The van der Waals surface area contributed by atoms with Crippen LogP contribution in [-0.2, 0) is 4.79 Å². The molecule has 2 unspecified atom stereocenters. The summed E-state index contributed by atoms with van der Waals surface area (Å²) in [6, 6.07) is 5.16. The van der Waals surface area contributed by atoms with Gasteiger partial charge in [0.15, 0.2) is 0 Å². The van der Waals surface area contributed by atoms with Crippen molar-refractivity contribution in [3.05, 3.63) is 35.6 Å². The fourth-order valence-corrected chi connectivity index (χ4v) is 1.22. The lowest BCUT2D eigenvalue weighted by molar-refractivity contribution is -0.119. The molecule has 4 N–H and O–H groups in total. The van der Waals surface area contributed by atoms with E-state index in [4.69, 9.17) is 5.73 Å². The van der Waals surface area contributed by atoms with Crippen molar-refractivity contribution < 1.29 is 14.3 Å². The van der Waals surface area contributed by atoms with Crippen molar-refractivity contribution in [1.82, 2.24) is 5.32 Å². The third-order valence-electron chi connectivity index (χ3n) is 2.28. The third-order valence-corrected chi connectivity index (χ3v) is 2.28. The second-order valence-electron chi connectivity index (χ2n) is 3.60. The number of halogens is 1. The molecular weight excluding hydrogens is 211 g/mol. The maximum Gasteiger partial charge on any atom is 0.234 e. The summed E-state index contributed by atoms with van der Waals surface area (Å²) in [6.45, 7) is 1.74. The fourth-order valence-electron chi connectivity index (χ4n) is 1.22. The van der Waals surface area contributed by atoms with E-state index in [1.165, 1.54) is 18.2 Å². The van der Waals surface area contributed by atoms with E-state index in [1.54, 1.807) is 13.0 Å². The van der Waals surface area contributed by atoms with Crippen LogP contribution in [0.15, 0.2) is 24.3 Å². The number of benzene rings is 1. The minimum absolute atomic E-state index is 0.146. The number of aliphatic hydroxyl groups is 1. The van der Waals surface area contributed by atoms with Crippen LogP contribution in [0, 0.1) is 5.82 Å². The van der Waals surface area contributed by atoms with E-state index in [0.29, 0.717) is 5.56 Å². The molecule has 0 saturated heterocycles. The summed E-state index contributed by atoms with van der Waals surface area (Å²) in [4.78, 5) is 10.7. The van der Waals surface area contributed by atoms with E-state index in [0.717, 1.165) is 0 Å². The van der Waals surface area contributed by atoms with Crippen molar-refractivity contribution >= 4 is 5.91 Å². The largest absolute Gasteiger partial charge is 0.387 e. The molecule has 88 valence electrons. The van der Waals surface area contributed by atoms with Gasteiger partial charge in [0, 0.05) is 6.54 Å². The van der Waals surface area contributed by atoms with Crippen LogP contribution >= 0.6 is 0 Å². The first kappa shape index (κ1) is 12.6. The number of rotatable bonds is 5. The fraction of sp³-hybridized carbons (Fsp3) is 0.364. The zero-order chi connectivity index (χ0) is 12.1. The van der Waals surface area contributed by atoms with Crippen LogP contribution in [0.1, 0.15) is 18.6 Å². The third kappa shape index (κ3) is 3.60. The molecule has 0 aliphatic carbocycles. The molecule has 1 aromatic rings. The highest BCUT2D eigenvalue weighted by atomic mass is 19.1. The Bertz CT molecular complexity index is 371. The van der Waals surface area contributed by atoms with E-state index < -0.39 is 23.9 Å². The Kier molecular flexibility index (Phi) is 4.39. The number of nitrogens with two attached hydrogens (primary N) is 1. The van der Waals surface area contributed by atoms with Crippen molar-refractivity contribution in [3.63, 3.8) is 0 Å². The molecule has 1 amide bonds. The average Bonchev–Trinajstić information content (AvgIpc) is 2.25. The van der Waals surface area contributed by atoms with Gasteiger partial charge in [-0.1, -0.05) is 12.1 Å². The molecule has 16 heavy (non-hydrogen) atoms. The Labute approximate surface area is 93.3 Å². The monoisotopic (exact) mass is 226 g/mol. The summed E-state index contributed by atoms with van der Waals surface area (Å²) in [5.41, 5.74) is 5.50. The molecule has 0 saturated carbocycles. The van der Waals surface area contributed by atoms with Crippen LogP contribution in [0.2, 0.25) is 0 Å². The minimum atomic E-state index is -0.863. The van der Waals surface area contributed by atoms with Gasteiger partial charge >= 0.3 is 0 Å². The van der Waals surface area contributed by atoms with E-state index in [9.17, 15) is 14.3 Å². The van der Waals surface area contributed by atoms with Gasteiger partial charge in [-0.05, 0) is 24.6 Å². The van der Waals surface area contributed by atoms with E-state index in [2.05, 4.69) is 5.32 Å². The average molecular weight is 226 g/mol. The molecule has 2 atom stereocenters. The number of hydrogen-bond donors (Lipinski definition) is 3. The van der Waals surface area contributed by atoms with Crippen molar-refractivity contribution in [2.24, 2.45) is 5.73 Å². The standard InChI is InChI=1S/C11H15FN2O2/c1-7(11(13)16)14-6-10(15)8-3-2-4-9(12)5-8/h2-5,7,10,14-15H,6H2,1H3,(H2,13,16). The number of amides is 1. The van der Waals surface area contributed by atoms with Crippen LogP contribution in [0.5, 0.6) is 0 Å². The maximum atomic E-state index is 12.8. The second-order valence-corrected chi connectivity index (χ2v) is 3.60. The van der Waals surface area contributed by atoms with Crippen LogP contribution in [0.4, 0.5) is 4.39 Å². The summed E-state index contributed by atoms with van der Waals surface area (Å²) >= 11 is 0. The van der Waals surface area contributed by atoms with Gasteiger partial charge in [-0.3, -0.25) is 4.79 Å². The van der Waals surface area contributed by atoms with Gasteiger partial charge in [-0.2, -0.15) is 0 Å². The predicted octanol–water partition coefficient (Wildman–Crippen LogP) is 0.323. The Hall–Kier alpha value is -1.46. The lowest BCUT2D eigenvalue weighted by Gasteiger charge is -2.15. The maximum absolute atomic E-state index is 12.8. The summed E-state index contributed by atoms with van der Waals surface area (Å²) in [5, 5.41) is 12.4. The number of carbonyl (C=O) groups excluding carboxylic acids is 1. The van der Waals surface area contributed by atoms with Crippen molar-refractivity contribution in [2.75, 3.05) is 6.54 Å². The molecular formula is C11H15FN2O2. The first-order valence-corrected chi connectivity index (χ1v) is 4.97. The molecule has 5 heteroatoms. The SMILES string of the molecule is CC(NCC(O)c1cccc(F)c1)C(N)=O. The Morgan fingerprint density at radius 2 is 2.31 bits per heavy atom. The molecule has 1 aromatic carbocycles. The Morgan fingerprint density at radius 1 is 1.62 bits per heavy atom. The number of primary amides is 1. The first-order chi connectivity index (χ1) is 7.50. The normalized spacial score (nSPS) is 14.4. The molecule has 0 aliphatic heterocycles. The lowest BCUT2D eigenvalue weighted by Crippen LogP contribution is -2.40. The topological polar surface area (TPSA) is 75.3 Å². The van der Waals surface area contributed by atoms with Crippen LogP contribution in [-0.4, -0.2) is 23.6 Å². The lowest BCUT2D eigenvalue weighted by atomic mass is 10.1. The zero-order valence-electron chi connectivity index (χ0n) is 8.98. The predicted molar refractivity (Wildman–Crippen MR) is 58.0 cm³/mol. The molecule has 0 heterocycles. The summed E-state index contributed by atoms with van der Waals surface area (Å²) < 4.78 is 12.8. The number of aliphatic hydroxyl groups excluding tert-OH is 1. The van der Waals surface area contributed by atoms with Crippen molar-refractivity contribution in [2.45, 2.75) is 19.1 Å². The minimum Gasteiger partial charge on any atom is -0.387 e. The highest BCUT2D eigenvalue weighted by molar-refractivity contribution is 5.79. The molecule has 1 rings (SSSR count). The first-order valence-electron chi connectivity index (χ1n) is 4.97. The van der Waals surface area contributed by atoms with Gasteiger partial charge < -0.3 is 16.2 Å². The van der Waals surface area contributed by atoms with E-state index in [-0.39, 0.29) is 6.54 Å². The summed E-state index contributed by atoms with van der Waals surface area (Å²) in [5.74, 6) is -0.897. The summed E-state index contributed by atoms with van der Waals surface area (Å²) in [6.07, 6.45) is -0.863. The van der Waals surface area contributed by atoms with Gasteiger partial charge in [-0.25, -0.2) is 4.39 Å². The molecule has 0 spiro atoms. The van der Waals surface area contributed by atoms with Gasteiger partial charge in [0.25, 0.3) is 0 Å². The highest BCUT2D eigenvalue weighted by Crippen LogP contribution is 2.12. The number of hydrogen-bond acceptors (Lipinski definition) is 3. The van der Waals surface area contributed by atoms with Crippen molar-refractivity contribution in [1.29, 1.82) is 0 Å². The van der Waals surface area contributed by atoms with Gasteiger partial charge in [0.2, 0.25) is 5.91 Å². The molecule has 0 aromatic heterocycles. The second kappa shape index (κ2) is 5.58. The molecule has 0 bridgehead atoms. The van der Waals surface area contributed by atoms with Crippen LogP contribution in [0.25, 0.3) is 0 Å². The zero-order valence-corrected chi connectivity index (χ0v) is 8.98. The molecule has 0 fully saturated rings. The quantitative estimate of drug-likeness (QED) is 0.677. The molecule has 0 radical (unpaired) electrons. The van der Waals surface area contributed by atoms with E-state index >= 15 is 0 Å².